The smallest absolute Gasteiger partial charge is 0.187 e. The van der Waals surface area contributed by atoms with Gasteiger partial charge in [0, 0.05) is 17.6 Å². The van der Waals surface area contributed by atoms with E-state index in [1.165, 1.54) is 11.3 Å². The van der Waals surface area contributed by atoms with Crippen LogP contribution >= 0.6 is 27.3 Å². The lowest BCUT2D eigenvalue weighted by Crippen LogP contribution is -2.44. The Hall–Kier alpha value is -0.230. The van der Waals surface area contributed by atoms with E-state index in [2.05, 4.69) is 27.8 Å². The molecule has 1 aromatic rings. The van der Waals surface area contributed by atoms with Crippen molar-refractivity contribution in [3.63, 3.8) is 0 Å². The van der Waals surface area contributed by atoms with Gasteiger partial charge in [-0.3, -0.25) is 9.69 Å². The second-order valence-electron chi connectivity index (χ2n) is 4.16. The average Bonchev–Trinajstić information content (AvgIpc) is 2.76. The first-order valence-electron chi connectivity index (χ1n) is 5.81. The van der Waals surface area contributed by atoms with Crippen molar-refractivity contribution < 1.29 is 9.53 Å². The summed E-state index contributed by atoms with van der Waals surface area (Å²) in [5.74, 6) is 0.198. The van der Waals surface area contributed by atoms with Crippen LogP contribution in [-0.4, -0.2) is 43.0 Å². The first-order chi connectivity index (χ1) is 8.20. The Labute approximate surface area is 114 Å². The number of carbonyl (C=O) groups excluding carboxylic acids is 1. The summed E-state index contributed by atoms with van der Waals surface area (Å²) in [6.45, 7) is 5.07. The lowest BCUT2D eigenvalue weighted by molar-refractivity contribution is -0.0271. The van der Waals surface area contributed by atoms with Gasteiger partial charge in [-0.05, 0) is 33.8 Å². The topological polar surface area (TPSA) is 29.5 Å². The number of thiophene rings is 1. The van der Waals surface area contributed by atoms with E-state index < -0.39 is 0 Å². The molecule has 1 saturated heterocycles. The Morgan fingerprint density at radius 2 is 2.53 bits per heavy atom. The van der Waals surface area contributed by atoms with Crippen LogP contribution in [0.5, 0.6) is 0 Å². The summed E-state index contributed by atoms with van der Waals surface area (Å²) in [5.41, 5.74) is 0. The number of ether oxygens (including phenoxy) is 1. The zero-order valence-corrected chi connectivity index (χ0v) is 12.2. The quantitative estimate of drug-likeness (QED) is 0.800. The van der Waals surface area contributed by atoms with Crippen molar-refractivity contribution in [3.8, 4) is 0 Å². The molecule has 1 aliphatic heterocycles. The molecule has 0 aromatic carbocycles. The maximum Gasteiger partial charge on any atom is 0.187 e. The van der Waals surface area contributed by atoms with E-state index in [9.17, 15) is 4.79 Å². The summed E-state index contributed by atoms with van der Waals surface area (Å²) in [4.78, 5) is 15.1. The molecule has 0 aliphatic carbocycles. The summed E-state index contributed by atoms with van der Waals surface area (Å²) in [7, 11) is 0. The van der Waals surface area contributed by atoms with Gasteiger partial charge in [-0.2, -0.15) is 0 Å². The van der Waals surface area contributed by atoms with Crippen LogP contribution in [0.25, 0.3) is 0 Å². The zero-order chi connectivity index (χ0) is 12.3. The molecule has 1 aromatic heterocycles. The third-order valence-electron chi connectivity index (χ3n) is 2.92. The third kappa shape index (κ3) is 3.37. The van der Waals surface area contributed by atoms with E-state index in [0.29, 0.717) is 6.54 Å². The molecule has 1 atom stereocenters. The number of halogens is 1. The predicted molar refractivity (Wildman–Crippen MR) is 72.8 cm³/mol. The third-order valence-corrected chi connectivity index (χ3v) is 4.79. The Kier molecular flexibility index (Phi) is 4.73. The molecule has 94 valence electrons. The highest BCUT2D eigenvalue weighted by Gasteiger charge is 2.22. The fourth-order valence-electron chi connectivity index (χ4n) is 1.94. The van der Waals surface area contributed by atoms with Crippen molar-refractivity contribution in [1.82, 2.24) is 4.90 Å². The van der Waals surface area contributed by atoms with E-state index >= 15 is 0 Å². The van der Waals surface area contributed by atoms with Gasteiger partial charge in [0.25, 0.3) is 0 Å². The molecule has 2 heterocycles. The molecule has 0 radical (unpaired) electrons. The fraction of sp³-hybridized carbons (Fsp3) is 0.583. The summed E-state index contributed by atoms with van der Waals surface area (Å²) in [5, 5.41) is 1.94. The number of hydrogen-bond donors (Lipinski definition) is 0. The minimum atomic E-state index is 0.198. The van der Waals surface area contributed by atoms with Gasteiger partial charge < -0.3 is 4.74 Å². The monoisotopic (exact) mass is 317 g/mol. The molecular formula is C12H16BrNO2S. The van der Waals surface area contributed by atoms with E-state index in [1.54, 1.807) is 0 Å². The van der Waals surface area contributed by atoms with Crippen LogP contribution in [0.4, 0.5) is 0 Å². The van der Waals surface area contributed by atoms with Crippen LogP contribution in [0.1, 0.15) is 23.0 Å². The maximum atomic E-state index is 12.1. The summed E-state index contributed by atoms with van der Waals surface area (Å²) in [6, 6.07) is 1.92. The Morgan fingerprint density at radius 1 is 1.71 bits per heavy atom. The van der Waals surface area contributed by atoms with Crippen LogP contribution in [0.3, 0.4) is 0 Å². The first kappa shape index (κ1) is 13.2. The lowest BCUT2D eigenvalue weighted by atomic mass is 10.2. The molecule has 2 rings (SSSR count). The van der Waals surface area contributed by atoms with Gasteiger partial charge >= 0.3 is 0 Å². The largest absolute Gasteiger partial charge is 0.376 e. The van der Waals surface area contributed by atoms with Crippen LogP contribution < -0.4 is 0 Å². The fourth-order valence-corrected chi connectivity index (χ4v) is 3.46. The van der Waals surface area contributed by atoms with Gasteiger partial charge in [-0.25, -0.2) is 0 Å². The van der Waals surface area contributed by atoms with Crippen molar-refractivity contribution in [3.05, 3.63) is 20.8 Å². The van der Waals surface area contributed by atoms with Crippen molar-refractivity contribution in [2.24, 2.45) is 0 Å². The second kappa shape index (κ2) is 6.09. The van der Waals surface area contributed by atoms with Crippen LogP contribution in [0.2, 0.25) is 0 Å². The molecule has 1 unspecified atom stereocenters. The number of ketones is 1. The minimum absolute atomic E-state index is 0.198. The van der Waals surface area contributed by atoms with Crippen molar-refractivity contribution >= 4 is 33.0 Å². The molecule has 3 nitrogen and oxygen atoms in total. The summed E-state index contributed by atoms with van der Waals surface area (Å²) >= 11 is 4.90. The SMILES string of the molecule is CCC1CN(CC(=O)c2sccc2Br)CCO1. The van der Waals surface area contributed by atoms with Crippen LogP contribution in [-0.2, 0) is 4.74 Å². The average molecular weight is 318 g/mol. The van der Waals surface area contributed by atoms with E-state index in [-0.39, 0.29) is 11.9 Å². The number of morpholine rings is 1. The highest BCUT2D eigenvalue weighted by atomic mass is 79.9. The van der Waals surface area contributed by atoms with Crippen LogP contribution in [0.15, 0.2) is 15.9 Å². The second-order valence-corrected chi connectivity index (χ2v) is 5.93. The molecule has 0 amide bonds. The molecule has 5 heteroatoms. The number of rotatable bonds is 4. The molecule has 1 fully saturated rings. The molecule has 1 aliphatic rings. The normalized spacial score (nSPS) is 21.6. The van der Waals surface area contributed by atoms with Gasteiger partial charge in [-0.1, -0.05) is 6.92 Å². The number of hydrogen-bond acceptors (Lipinski definition) is 4. The Bertz CT molecular complexity index is 394. The zero-order valence-electron chi connectivity index (χ0n) is 9.82. The lowest BCUT2D eigenvalue weighted by Gasteiger charge is -2.31. The Balaban J connectivity index is 1.93. The number of carbonyl (C=O) groups is 1. The van der Waals surface area contributed by atoms with Gasteiger partial charge in [0.1, 0.15) is 0 Å². The van der Waals surface area contributed by atoms with Crippen molar-refractivity contribution in [2.45, 2.75) is 19.4 Å². The standard InChI is InChI=1S/C12H16BrNO2S/c1-2-9-7-14(4-5-16-9)8-11(15)12-10(13)3-6-17-12/h3,6,9H,2,4-5,7-8H2,1H3. The molecule has 17 heavy (non-hydrogen) atoms. The predicted octanol–water partition coefficient (Wildman–Crippen LogP) is 2.80. The molecule has 0 saturated carbocycles. The van der Waals surface area contributed by atoms with Gasteiger partial charge in [0.15, 0.2) is 5.78 Å². The summed E-state index contributed by atoms with van der Waals surface area (Å²) in [6.07, 6.45) is 1.29. The number of Topliss-reactive ketones (excluding diaryl/α,β-unsaturated/α-hetero) is 1. The maximum absolute atomic E-state index is 12.1. The summed E-state index contributed by atoms with van der Waals surface area (Å²) < 4.78 is 6.50. The van der Waals surface area contributed by atoms with Gasteiger partial charge in [0.2, 0.25) is 0 Å². The molecule has 0 bridgehead atoms. The highest BCUT2D eigenvalue weighted by Crippen LogP contribution is 2.23. The van der Waals surface area contributed by atoms with Gasteiger partial charge in [-0.15, -0.1) is 11.3 Å². The molecular weight excluding hydrogens is 302 g/mol. The van der Waals surface area contributed by atoms with E-state index in [0.717, 1.165) is 35.5 Å². The minimum Gasteiger partial charge on any atom is -0.376 e. The Morgan fingerprint density at radius 3 is 3.18 bits per heavy atom. The number of nitrogens with zero attached hydrogens (tertiary/aromatic N) is 1. The van der Waals surface area contributed by atoms with E-state index in [1.807, 2.05) is 11.4 Å². The van der Waals surface area contributed by atoms with Gasteiger partial charge in [0.05, 0.1) is 24.1 Å². The first-order valence-corrected chi connectivity index (χ1v) is 7.48. The molecule has 0 N–H and O–H groups in total. The van der Waals surface area contributed by atoms with E-state index in [4.69, 9.17) is 4.74 Å². The molecule has 0 spiro atoms. The van der Waals surface area contributed by atoms with Crippen molar-refractivity contribution in [2.75, 3.05) is 26.2 Å². The van der Waals surface area contributed by atoms with Crippen molar-refractivity contribution in [1.29, 1.82) is 0 Å². The van der Waals surface area contributed by atoms with Crippen LogP contribution in [0, 0.1) is 0 Å². The highest BCUT2D eigenvalue weighted by molar-refractivity contribution is 9.10.